The van der Waals surface area contributed by atoms with Gasteiger partial charge < -0.3 is 10.6 Å². The zero-order valence-electron chi connectivity index (χ0n) is 10.9. The molecule has 0 saturated carbocycles. The number of halogens is 3. The molecule has 1 amide bonds. The minimum absolute atomic E-state index is 0. The average molecular weight is 326 g/mol. The number of amides is 1. The van der Waals surface area contributed by atoms with E-state index in [0.717, 1.165) is 12.0 Å². The summed E-state index contributed by atoms with van der Waals surface area (Å²) in [5.74, 6) is 0.119. The van der Waals surface area contributed by atoms with E-state index in [-0.39, 0.29) is 18.3 Å². The number of carbonyl (C=O) groups excluding carboxylic acids is 1. The Morgan fingerprint density at radius 2 is 2.00 bits per heavy atom. The first-order valence-corrected chi connectivity index (χ1v) is 6.75. The van der Waals surface area contributed by atoms with E-state index in [1.807, 2.05) is 13.0 Å². The van der Waals surface area contributed by atoms with Crippen molar-refractivity contribution < 1.29 is 4.79 Å². The summed E-state index contributed by atoms with van der Waals surface area (Å²) in [5.41, 5.74) is 6.38. The summed E-state index contributed by atoms with van der Waals surface area (Å²) in [4.78, 5) is 13.7. The van der Waals surface area contributed by atoms with Gasteiger partial charge in [-0.1, -0.05) is 29.3 Å². The van der Waals surface area contributed by atoms with E-state index in [4.69, 9.17) is 28.9 Å². The molecular formula is C13H19Cl3N2O. The van der Waals surface area contributed by atoms with Crippen LogP contribution in [0.4, 0.5) is 0 Å². The van der Waals surface area contributed by atoms with E-state index < -0.39 is 0 Å². The molecule has 0 unspecified atom stereocenters. The van der Waals surface area contributed by atoms with Crippen molar-refractivity contribution in [1.82, 2.24) is 4.90 Å². The zero-order chi connectivity index (χ0) is 13.5. The first-order chi connectivity index (χ1) is 8.58. The number of carbonyl (C=O) groups is 1. The third-order valence-corrected chi connectivity index (χ3v) is 3.43. The maximum Gasteiger partial charge on any atom is 0.222 e. The van der Waals surface area contributed by atoms with Crippen LogP contribution < -0.4 is 5.73 Å². The van der Waals surface area contributed by atoms with Gasteiger partial charge in [0.05, 0.1) is 10.0 Å². The van der Waals surface area contributed by atoms with Crippen LogP contribution in [0, 0.1) is 0 Å². The third kappa shape index (κ3) is 6.00. The first kappa shape index (κ1) is 18.5. The lowest BCUT2D eigenvalue weighted by atomic mass is 10.2. The highest BCUT2D eigenvalue weighted by Crippen LogP contribution is 2.23. The number of nitrogens with zero attached hydrogens (tertiary/aromatic N) is 1. The fourth-order valence-electron chi connectivity index (χ4n) is 1.65. The topological polar surface area (TPSA) is 46.3 Å². The van der Waals surface area contributed by atoms with Gasteiger partial charge in [-0.3, -0.25) is 4.79 Å². The average Bonchev–Trinajstić information content (AvgIpc) is 2.37. The molecule has 0 fully saturated rings. The van der Waals surface area contributed by atoms with Gasteiger partial charge in [0.2, 0.25) is 5.91 Å². The smallest absolute Gasteiger partial charge is 0.222 e. The Labute approximate surface area is 130 Å². The van der Waals surface area contributed by atoms with Gasteiger partial charge in [0.1, 0.15) is 0 Å². The molecule has 0 atom stereocenters. The molecule has 0 bridgehead atoms. The van der Waals surface area contributed by atoms with Crippen LogP contribution in [0.5, 0.6) is 0 Å². The Kier molecular flexibility index (Phi) is 9.19. The molecule has 0 aliphatic rings. The van der Waals surface area contributed by atoms with E-state index in [9.17, 15) is 4.79 Å². The van der Waals surface area contributed by atoms with Crippen LogP contribution in [0.1, 0.15) is 25.3 Å². The molecule has 1 aromatic rings. The number of hydrogen-bond donors (Lipinski definition) is 1. The summed E-state index contributed by atoms with van der Waals surface area (Å²) >= 11 is 11.8. The number of hydrogen-bond acceptors (Lipinski definition) is 2. The van der Waals surface area contributed by atoms with Gasteiger partial charge in [-0.05, 0) is 37.6 Å². The van der Waals surface area contributed by atoms with Crippen molar-refractivity contribution in [1.29, 1.82) is 0 Å². The zero-order valence-corrected chi connectivity index (χ0v) is 13.2. The van der Waals surface area contributed by atoms with Gasteiger partial charge in [-0.2, -0.15) is 0 Å². The normalized spacial score (nSPS) is 9.89. The number of benzene rings is 1. The fraction of sp³-hybridized carbons (Fsp3) is 0.462. The van der Waals surface area contributed by atoms with E-state index in [1.54, 1.807) is 17.0 Å². The van der Waals surface area contributed by atoms with Gasteiger partial charge in [0, 0.05) is 19.5 Å². The molecule has 0 aliphatic heterocycles. The van der Waals surface area contributed by atoms with E-state index in [0.29, 0.717) is 36.1 Å². The van der Waals surface area contributed by atoms with Crippen LogP contribution in [0.3, 0.4) is 0 Å². The molecule has 6 heteroatoms. The molecule has 2 N–H and O–H groups in total. The van der Waals surface area contributed by atoms with Gasteiger partial charge in [0.25, 0.3) is 0 Å². The lowest BCUT2D eigenvalue weighted by molar-refractivity contribution is -0.131. The summed E-state index contributed by atoms with van der Waals surface area (Å²) in [6.45, 7) is 3.72. The van der Waals surface area contributed by atoms with Crippen LogP contribution in [0.25, 0.3) is 0 Å². The van der Waals surface area contributed by atoms with Crippen molar-refractivity contribution in [3.63, 3.8) is 0 Å². The van der Waals surface area contributed by atoms with E-state index in [1.165, 1.54) is 0 Å². The largest absolute Gasteiger partial charge is 0.339 e. The minimum Gasteiger partial charge on any atom is -0.339 e. The van der Waals surface area contributed by atoms with Gasteiger partial charge >= 0.3 is 0 Å². The molecule has 1 aromatic carbocycles. The lowest BCUT2D eigenvalue weighted by Crippen LogP contribution is -2.30. The summed E-state index contributed by atoms with van der Waals surface area (Å²) in [5, 5.41) is 1.04. The molecule has 3 nitrogen and oxygen atoms in total. The maximum absolute atomic E-state index is 11.9. The fourth-order valence-corrected chi connectivity index (χ4v) is 1.97. The first-order valence-electron chi connectivity index (χ1n) is 6.00. The molecule has 19 heavy (non-hydrogen) atoms. The summed E-state index contributed by atoms with van der Waals surface area (Å²) in [6, 6.07) is 5.42. The number of rotatable bonds is 6. The van der Waals surface area contributed by atoms with Gasteiger partial charge in [-0.15, -0.1) is 12.4 Å². The Balaban J connectivity index is 0.00000324. The van der Waals surface area contributed by atoms with Crippen LogP contribution in [0.2, 0.25) is 10.0 Å². The molecule has 0 aliphatic carbocycles. The van der Waals surface area contributed by atoms with Crippen molar-refractivity contribution in [3.05, 3.63) is 33.8 Å². The third-order valence-electron chi connectivity index (χ3n) is 2.69. The molecule has 1 rings (SSSR count). The molecule has 0 spiro atoms. The van der Waals surface area contributed by atoms with E-state index >= 15 is 0 Å². The molecule has 108 valence electrons. The Bertz CT molecular complexity index is 413. The molecule has 0 aromatic heterocycles. The van der Waals surface area contributed by atoms with Crippen LogP contribution >= 0.6 is 35.6 Å². The van der Waals surface area contributed by atoms with Crippen LogP contribution in [-0.4, -0.2) is 23.9 Å². The van der Waals surface area contributed by atoms with Crippen molar-refractivity contribution in [2.45, 2.75) is 26.3 Å². The quantitative estimate of drug-likeness (QED) is 0.870. The Morgan fingerprint density at radius 3 is 2.53 bits per heavy atom. The van der Waals surface area contributed by atoms with Gasteiger partial charge in [-0.25, -0.2) is 0 Å². The maximum atomic E-state index is 11.9. The Hall–Kier alpha value is -0.480. The van der Waals surface area contributed by atoms with E-state index in [2.05, 4.69) is 0 Å². The predicted molar refractivity (Wildman–Crippen MR) is 83.1 cm³/mol. The molecule has 0 saturated heterocycles. The number of nitrogens with two attached hydrogens (primary N) is 1. The van der Waals surface area contributed by atoms with Crippen molar-refractivity contribution >= 4 is 41.5 Å². The monoisotopic (exact) mass is 324 g/mol. The highest BCUT2D eigenvalue weighted by molar-refractivity contribution is 6.42. The second kappa shape index (κ2) is 9.43. The minimum atomic E-state index is 0. The Morgan fingerprint density at radius 1 is 1.32 bits per heavy atom. The van der Waals surface area contributed by atoms with Crippen molar-refractivity contribution in [2.75, 3.05) is 13.1 Å². The summed E-state index contributed by atoms with van der Waals surface area (Å²) in [6.07, 6.45) is 1.21. The molecular weight excluding hydrogens is 307 g/mol. The highest BCUT2D eigenvalue weighted by Gasteiger charge is 2.12. The van der Waals surface area contributed by atoms with Crippen LogP contribution in [-0.2, 0) is 11.3 Å². The molecule has 0 heterocycles. The molecule has 0 radical (unpaired) electrons. The SMILES string of the molecule is CCN(Cc1ccc(Cl)c(Cl)c1)C(=O)CCCN.Cl. The summed E-state index contributed by atoms with van der Waals surface area (Å²) in [7, 11) is 0. The summed E-state index contributed by atoms with van der Waals surface area (Å²) < 4.78 is 0. The standard InChI is InChI=1S/C13H18Cl2N2O.ClH/c1-2-17(13(18)4-3-7-16)9-10-5-6-11(14)12(15)8-10;/h5-6,8H,2-4,7,9,16H2,1H3;1H. The van der Waals surface area contributed by atoms with Gasteiger partial charge in [0.15, 0.2) is 0 Å². The van der Waals surface area contributed by atoms with Crippen molar-refractivity contribution in [2.24, 2.45) is 5.73 Å². The predicted octanol–water partition coefficient (Wildman–Crippen LogP) is 3.50. The van der Waals surface area contributed by atoms with Crippen molar-refractivity contribution in [3.8, 4) is 0 Å². The lowest BCUT2D eigenvalue weighted by Gasteiger charge is -2.21. The second-order valence-corrected chi connectivity index (χ2v) is 4.86. The second-order valence-electron chi connectivity index (χ2n) is 4.05. The highest BCUT2D eigenvalue weighted by atomic mass is 35.5. The van der Waals surface area contributed by atoms with Crippen LogP contribution in [0.15, 0.2) is 18.2 Å².